The maximum absolute atomic E-state index is 12.4. The number of rotatable bonds is 5. The Morgan fingerprint density at radius 1 is 1.43 bits per heavy atom. The van der Waals surface area contributed by atoms with Gasteiger partial charge in [0.25, 0.3) is 5.91 Å². The van der Waals surface area contributed by atoms with Crippen LogP contribution in [0.15, 0.2) is 12.5 Å². The van der Waals surface area contributed by atoms with Crippen molar-refractivity contribution in [3.63, 3.8) is 0 Å². The summed E-state index contributed by atoms with van der Waals surface area (Å²) in [6.07, 6.45) is 4.86. The average molecular weight is 294 g/mol. The van der Waals surface area contributed by atoms with Crippen molar-refractivity contribution in [2.45, 2.75) is 32.7 Å². The minimum atomic E-state index is -0.760. The van der Waals surface area contributed by atoms with Gasteiger partial charge in [0, 0.05) is 32.4 Å². The number of hydrogen-bond acceptors (Lipinski definition) is 4. The molecule has 1 aromatic heterocycles. The number of nitrogens with zero attached hydrogens (tertiary/aromatic N) is 3. The van der Waals surface area contributed by atoms with Gasteiger partial charge in [-0.25, -0.2) is 4.98 Å². The fraction of sp³-hybridized carbons (Fsp3) is 0.643. The van der Waals surface area contributed by atoms with Crippen molar-refractivity contribution >= 4 is 11.9 Å². The van der Waals surface area contributed by atoms with E-state index >= 15 is 0 Å². The molecule has 1 fully saturated rings. The predicted octanol–water partition coefficient (Wildman–Crippen LogP) is 0.559. The molecule has 7 nitrogen and oxygen atoms in total. The first kappa shape index (κ1) is 15.5. The molecule has 0 aromatic carbocycles. The van der Waals surface area contributed by atoms with Gasteiger partial charge in [0.05, 0.1) is 11.7 Å². The molecule has 1 aliphatic heterocycles. The topological polar surface area (TPSA) is 101 Å². The van der Waals surface area contributed by atoms with E-state index in [4.69, 9.17) is 5.73 Å². The zero-order valence-electron chi connectivity index (χ0n) is 12.3. The molecule has 0 spiro atoms. The van der Waals surface area contributed by atoms with Crippen molar-refractivity contribution < 1.29 is 14.7 Å². The minimum absolute atomic E-state index is 0.138. The Morgan fingerprint density at radius 3 is 2.62 bits per heavy atom. The predicted molar refractivity (Wildman–Crippen MR) is 76.8 cm³/mol. The molecule has 2 heterocycles. The standard InChI is InChI=1S/C14H22N4O3/c1-2-14(13(20)21)3-6-18(7-4-14)12(19)11-9-17(8-5-15)10-16-11/h9-10H,2-8,15H2,1H3,(H,20,21). The van der Waals surface area contributed by atoms with Gasteiger partial charge in [0.1, 0.15) is 5.69 Å². The number of piperidine rings is 1. The number of carboxylic acids is 1. The van der Waals surface area contributed by atoms with E-state index in [0.717, 1.165) is 0 Å². The molecule has 116 valence electrons. The van der Waals surface area contributed by atoms with Gasteiger partial charge in [-0.3, -0.25) is 9.59 Å². The van der Waals surface area contributed by atoms with E-state index in [2.05, 4.69) is 4.98 Å². The quantitative estimate of drug-likeness (QED) is 0.826. The molecule has 1 amide bonds. The van der Waals surface area contributed by atoms with Crippen LogP contribution in [-0.4, -0.2) is 51.1 Å². The number of nitrogens with two attached hydrogens (primary N) is 1. The van der Waals surface area contributed by atoms with Gasteiger partial charge in [-0.2, -0.15) is 0 Å². The molecule has 21 heavy (non-hydrogen) atoms. The highest BCUT2D eigenvalue weighted by atomic mass is 16.4. The number of aliphatic carboxylic acids is 1. The Morgan fingerprint density at radius 2 is 2.10 bits per heavy atom. The lowest BCUT2D eigenvalue weighted by Gasteiger charge is -2.38. The Kier molecular flexibility index (Phi) is 4.62. The Hall–Kier alpha value is -1.89. The summed E-state index contributed by atoms with van der Waals surface area (Å²) in [6, 6.07) is 0. The van der Waals surface area contributed by atoms with Crippen LogP contribution in [0.4, 0.5) is 0 Å². The maximum Gasteiger partial charge on any atom is 0.309 e. The summed E-state index contributed by atoms with van der Waals surface area (Å²) in [6.45, 7) is 3.93. The third-order valence-corrected chi connectivity index (χ3v) is 4.38. The largest absolute Gasteiger partial charge is 0.481 e. The van der Waals surface area contributed by atoms with Gasteiger partial charge < -0.3 is 20.3 Å². The Balaban J connectivity index is 2.01. The highest BCUT2D eigenvalue weighted by Crippen LogP contribution is 2.35. The number of likely N-dealkylation sites (tertiary alicyclic amines) is 1. The van der Waals surface area contributed by atoms with Crippen molar-refractivity contribution in [1.29, 1.82) is 0 Å². The smallest absolute Gasteiger partial charge is 0.309 e. The SMILES string of the molecule is CCC1(C(=O)O)CCN(C(=O)c2cn(CCN)cn2)CC1. The lowest BCUT2D eigenvalue weighted by atomic mass is 9.76. The molecule has 3 N–H and O–H groups in total. The van der Waals surface area contributed by atoms with E-state index in [1.165, 1.54) is 0 Å². The summed E-state index contributed by atoms with van der Waals surface area (Å²) in [5, 5.41) is 9.36. The summed E-state index contributed by atoms with van der Waals surface area (Å²) in [4.78, 5) is 29.5. The van der Waals surface area contributed by atoms with Crippen LogP contribution in [-0.2, 0) is 11.3 Å². The fourth-order valence-electron chi connectivity index (χ4n) is 2.76. The highest BCUT2D eigenvalue weighted by molar-refractivity contribution is 5.92. The fourth-order valence-corrected chi connectivity index (χ4v) is 2.76. The molecule has 0 unspecified atom stereocenters. The molecule has 0 radical (unpaired) electrons. The average Bonchev–Trinajstić information content (AvgIpc) is 2.95. The third-order valence-electron chi connectivity index (χ3n) is 4.38. The number of imidazole rings is 1. The molecule has 1 aliphatic rings. The van der Waals surface area contributed by atoms with Crippen molar-refractivity contribution in [3.8, 4) is 0 Å². The van der Waals surface area contributed by atoms with Crippen LogP contribution >= 0.6 is 0 Å². The molecule has 0 atom stereocenters. The number of carbonyl (C=O) groups excluding carboxylic acids is 1. The Labute approximate surface area is 123 Å². The highest BCUT2D eigenvalue weighted by Gasteiger charge is 2.41. The molecule has 1 aromatic rings. The minimum Gasteiger partial charge on any atom is -0.481 e. The van der Waals surface area contributed by atoms with Crippen molar-refractivity contribution in [2.24, 2.45) is 11.1 Å². The zero-order chi connectivity index (χ0) is 15.5. The maximum atomic E-state index is 12.4. The summed E-state index contributed by atoms with van der Waals surface area (Å²) in [5.74, 6) is -0.898. The molecule has 7 heteroatoms. The lowest BCUT2D eigenvalue weighted by Crippen LogP contribution is -2.46. The monoisotopic (exact) mass is 294 g/mol. The first-order chi connectivity index (χ1) is 10.0. The molecular formula is C14H22N4O3. The zero-order valence-corrected chi connectivity index (χ0v) is 12.3. The van der Waals surface area contributed by atoms with Crippen LogP contribution < -0.4 is 5.73 Å². The van der Waals surface area contributed by atoms with E-state index < -0.39 is 11.4 Å². The van der Waals surface area contributed by atoms with Gasteiger partial charge >= 0.3 is 5.97 Å². The van der Waals surface area contributed by atoms with Crippen molar-refractivity contribution in [1.82, 2.24) is 14.5 Å². The number of hydrogen-bond donors (Lipinski definition) is 2. The lowest BCUT2D eigenvalue weighted by molar-refractivity contribution is -0.152. The second-order valence-electron chi connectivity index (χ2n) is 5.52. The molecule has 0 aliphatic carbocycles. The number of amides is 1. The first-order valence-electron chi connectivity index (χ1n) is 7.27. The van der Waals surface area contributed by atoms with Crippen LogP contribution in [0, 0.1) is 5.41 Å². The summed E-state index contributed by atoms with van der Waals surface area (Å²) in [7, 11) is 0. The second-order valence-corrected chi connectivity index (χ2v) is 5.52. The summed E-state index contributed by atoms with van der Waals surface area (Å²) >= 11 is 0. The van der Waals surface area contributed by atoms with Gasteiger partial charge in [-0.05, 0) is 19.3 Å². The normalized spacial score (nSPS) is 17.7. The third kappa shape index (κ3) is 3.07. The van der Waals surface area contributed by atoms with E-state index in [-0.39, 0.29) is 5.91 Å². The molecule has 2 rings (SSSR count). The van der Waals surface area contributed by atoms with Crippen LogP contribution in [0.25, 0.3) is 0 Å². The molecule has 1 saturated heterocycles. The molecular weight excluding hydrogens is 272 g/mol. The Bertz CT molecular complexity index is 518. The summed E-state index contributed by atoms with van der Waals surface area (Å²) in [5.41, 5.74) is 5.17. The van der Waals surface area contributed by atoms with E-state index in [1.54, 1.807) is 22.0 Å². The molecule has 0 bridgehead atoms. The summed E-state index contributed by atoms with van der Waals surface area (Å²) < 4.78 is 1.78. The van der Waals surface area contributed by atoms with E-state index in [0.29, 0.717) is 51.1 Å². The van der Waals surface area contributed by atoms with Crippen LogP contribution in [0.1, 0.15) is 36.7 Å². The number of aromatic nitrogens is 2. The number of carbonyl (C=O) groups is 2. The van der Waals surface area contributed by atoms with Crippen LogP contribution in [0.5, 0.6) is 0 Å². The van der Waals surface area contributed by atoms with Crippen LogP contribution in [0.2, 0.25) is 0 Å². The van der Waals surface area contributed by atoms with Crippen molar-refractivity contribution in [3.05, 3.63) is 18.2 Å². The van der Waals surface area contributed by atoms with Gasteiger partial charge in [-0.15, -0.1) is 0 Å². The van der Waals surface area contributed by atoms with E-state index in [9.17, 15) is 14.7 Å². The molecule has 0 saturated carbocycles. The first-order valence-corrected chi connectivity index (χ1v) is 7.27. The van der Waals surface area contributed by atoms with Gasteiger partial charge in [-0.1, -0.05) is 6.92 Å². The van der Waals surface area contributed by atoms with Gasteiger partial charge in [0.15, 0.2) is 0 Å². The van der Waals surface area contributed by atoms with Gasteiger partial charge in [0.2, 0.25) is 0 Å². The second kappa shape index (κ2) is 6.26. The number of carboxylic acid groups (broad SMARTS) is 1. The van der Waals surface area contributed by atoms with Crippen molar-refractivity contribution in [2.75, 3.05) is 19.6 Å². The van der Waals surface area contributed by atoms with E-state index in [1.807, 2.05) is 6.92 Å². The van der Waals surface area contributed by atoms with Crippen LogP contribution in [0.3, 0.4) is 0 Å².